The van der Waals surface area contributed by atoms with Crippen LogP contribution >= 0.6 is 0 Å². The molecule has 0 aliphatic rings. The van der Waals surface area contributed by atoms with E-state index in [4.69, 9.17) is 6.42 Å². The van der Waals surface area contributed by atoms with Gasteiger partial charge in [-0.3, -0.25) is 0 Å². The fourth-order valence-corrected chi connectivity index (χ4v) is 0.196. The summed E-state index contributed by atoms with van der Waals surface area (Å²) < 4.78 is 4.39. The lowest BCUT2D eigenvalue weighted by Crippen LogP contribution is -1.90. The van der Waals surface area contributed by atoms with Crippen molar-refractivity contribution in [3.05, 3.63) is 0 Å². The molecule has 0 spiro atoms. The largest absolute Gasteiger partial charge is 0.445 e. The van der Waals surface area contributed by atoms with Crippen LogP contribution in [0.5, 0.6) is 0 Å². The van der Waals surface area contributed by atoms with E-state index in [1.54, 1.807) is 0 Å². The first-order valence-electron chi connectivity index (χ1n) is 2.03. The summed E-state index contributed by atoms with van der Waals surface area (Å²) in [6.45, 7) is 0.569. The van der Waals surface area contributed by atoms with Crippen molar-refractivity contribution in [1.29, 1.82) is 0 Å². The number of isocyanates is 1. The van der Waals surface area contributed by atoms with Crippen LogP contribution in [0.2, 0.25) is 0 Å². The maximum absolute atomic E-state index is 9.37. The lowest BCUT2D eigenvalue weighted by Gasteiger charge is -1.86. The van der Waals surface area contributed by atoms with Gasteiger partial charge in [0.2, 0.25) is 6.08 Å². The van der Waals surface area contributed by atoms with E-state index in [2.05, 4.69) is 9.73 Å². The molecule has 0 aliphatic carbocycles. The number of nitrogens with zero attached hydrogens (tertiary/aromatic N) is 1. The highest BCUT2D eigenvalue weighted by Gasteiger charge is 1.76. The van der Waals surface area contributed by atoms with Gasteiger partial charge in [0.1, 0.15) is 12.7 Å². The molecular weight excluding hydrogens is 106 g/mol. The zero-order valence-electron chi connectivity index (χ0n) is 4.26. The van der Waals surface area contributed by atoms with Crippen LogP contribution in [-0.4, -0.2) is 19.2 Å². The molecule has 0 heterocycles. The zero-order chi connectivity index (χ0) is 6.24. The molecule has 0 radical (unpaired) electrons. The monoisotopic (exact) mass is 111 g/mol. The van der Waals surface area contributed by atoms with Gasteiger partial charge >= 0.3 is 0 Å². The van der Waals surface area contributed by atoms with E-state index >= 15 is 0 Å². The third kappa shape index (κ3) is 4.74. The predicted octanol–water partition coefficient (Wildman–Crippen LogP) is -0.0705. The van der Waals surface area contributed by atoms with E-state index in [0.717, 1.165) is 0 Å². The molecule has 0 bridgehead atoms. The quantitative estimate of drug-likeness (QED) is 0.221. The van der Waals surface area contributed by atoms with E-state index in [-0.39, 0.29) is 13.2 Å². The highest BCUT2D eigenvalue weighted by atomic mass is 16.5. The number of ether oxygens (including phenoxy) is 1. The minimum absolute atomic E-state index is 0.283. The molecule has 0 atom stereocenters. The summed E-state index contributed by atoms with van der Waals surface area (Å²) in [5.41, 5.74) is 0. The van der Waals surface area contributed by atoms with Gasteiger partial charge in [0, 0.05) is 0 Å². The van der Waals surface area contributed by atoms with Gasteiger partial charge in [-0.15, -0.1) is 0 Å². The second kappa shape index (κ2) is 5.74. The zero-order valence-corrected chi connectivity index (χ0v) is 4.26. The second-order valence-corrected chi connectivity index (χ2v) is 0.939. The number of aliphatic imine (C=N–C) groups is 1. The fourth-order valence-electron chi connectivity index (χ4n) is 0.196. The van der Waals surface area contributed by atoms with E-state index in [1.165, 1.54) is 6.08 Å². The van der Waals surface area contributed by atoms with E-state index in [1.807, 2.05) is 6.11 Å². The van der Waals surface area contributed by atoms with Crippen LogP contribution in [0.25, 0.3) is 0 Å². The standard InChI is InChI=1S/C5H5NO2/c1-2-8-4-3-6-5-7/h1H,3-4H2. The SMILES string of the molecule is C#COCCN=C=O. The van der Waals surface area contributed by atoms with Crippen molar-refractivity contribution >= 4 is 6.08 Å². The fraction of sp³-hybridized carbons (Fsp3) is 0.400. The van der Waals surface area contributed by atoms with Gasteiger partial charge < -0.3 is 4.74 Å². The predicted molar refractivity (Wildman–Crippen MR) is 27.8 cm³/mol. The Bertz CT molecular complexity index is 130. The molecule has 0 unspecified atom stereocenters. The summed E-state index contributed by atoms with van der Waals surface area (Å²) >= 11 is 0. The van der Waals surface area contributed by atoms with E-state index in [0.29, 0.717) is 0 Å². The Morgan fingerprint density at radius 2 is 2.50 bits per heavy atom. The molecule has 42 valence electrons. The highest BCUT2D eigenvalue weighted by molar-refractivity contribution is 5.32. The number of terminal acetylenes is 1. The van der Waals surface area contributed by atoms with Crippen molar-refractivity contribution in [2.75, 3.05) is 13.2 Å². The summed E-state index contributed by atoms with van der Waals surface area (Å²) in [4.78, 5) is 12.6. The first kappa shape index (κ1) is 6.74. The van der Waals surface area contributed by atoms with Gasteiger partial charge in [-0.05, 0) is 0 Å². The third-order valence-corrected chi connectivity index (χ3v) is 0.453. The molecule has 0 aromatic heterocycles. The van der Waals surface area contributed by atoms with Crippen LogP contribution in [-0.2, 0) is 9.53 Å². The van der Waals surface area contributed by atoms with Gasteiger partial charge in [0.05, 0.1) is 6.54 Å². The molecule has 0 amide bonds. The number of hydrogen-bond acceptors (Lipinski definition) is 3. The maximum atomic E-state index is 9.37. The van der Waals surface area contributed by atoms with Crippen LogP contribution in [0.15, 0.2) is 4.99 Å². The Balaban J connectivity index is 2.96. The van der Waals surface area contributed by atoms with Gasteiger partial charge in [-0.25, -0.2) is 9.79 Å². The third-order valence-electron chi connectivity index (χ3n) is 0.453. The van der Waals surface area contributed by atoms with Crippen molar-refractivity contribution < 1.29 is 9.53 Å². The Morgan fingerprint density at radius 3 is 3.00 bits per heavy atom. The van der Waals surface area contributed by atoms with Gasteiger partial charge in [-0.2, -0.15) is 0 Å². The molecule has 0 saturated heterocycles. The average Bonchev–Trinajstić information content (AvgIpc) is 1.81. The van der Waals surface area contributed by atoms with Crippen LogP contribution in [0.1, 0.15) is 0 Å². The first-order valence-corrected chi connectivity index (χ1v) is 2.03. The van der Waals surface area contributed by atoms with Crippen LogP contribution in [0, 0.1) is 12.5 Å². The Morgan fingerprint density at radius 1 is 1.75 bits per heavy atom. The molecular formula is C5H5NO2. The minimum Gasteiger partial charge on any atom is -0.445 e. The second-order valence-electron chi connectivity index (χ2n) is 0.939. The molecule has 0 saturated carbocycles. The Labute approximate surface area is 47.4 Å². The topological polar surface area (TPSA) is 38.7 Å². The number of hydrogen-bond donors (Lipinski definition) is 0. The van der Waals surface area contributed by atoms with E-state index in [9.17, 15) is 4.79 Å². The highest BCUT2D eigenvalue weighted by Crippen LogP contribution is 1.68. The number of carbonyl (C=O) groups excluding carboxylic acids is 1. The summed E-state index contributed by atoms with van der Waals surface area (Å²) in [5.74, 6) is 0. The normalized spacial score (nSPS) is 6.38. The maximum Gasteiger partial charge on any atom is 0.235 e. The molecule has 0 fully saturated rings. The number of rotatable bonds is 3. The lowest BCUT2D eigenvalue weighted by molar-refractivity contribution is 0.289. The van der Waals surface area contributed by atoms with Crippen molar-refractivity contribution in [3.8, 4) is 12.5 Å². The molecule has 3 heteroatoms. The summed E-state index contributed by atoms with van der Waals surface area (Å²) in [5, 5.41) is 0. The van der Waals surface area contributed by atoms with E-state index < -0.39 is 0 Å². The van der Waals surface area contributed by atoms with Crippen LogP contribution < -0.4 is 0 Å². The summed E-state index contributed by atoms with van der Waals surface area (Å²) in [7, 11) is 0. The molecule has 0 aromatic rings. The molecule has 0 aromatic carbocycles. The Kier molecular flexibility index (Phi) is 4.84. The van der Waals surface area contributed by atoms with Gasteiger partial charge in [0.15, 0.2) is 0 Å². The van der Waals surface area contributed by atoms with Crippen molar-refractivity contribution in [2.45, 2.75) is 0 Å². The summed E-state index contributed by atoms with van der Waals surface area (Å²) in [6, 6.07) is 0. The van der Waals surface area contributed by atoms with Crippen molar-refractivity contribution in [1.82, 2.24) is 0 Å². The van der Waals surface area contributed by atoms with Crippen molar-refractivity contribution in [3.63, 3.8) is 0 Å². The smallest absolute Gasteiger partial charge is 0.235 e. The molecule has 3 nitrogen and oxygen atoms in total. The average molecular weight is 111 g/mol. The first-order chi connectivity index (χ1) is 3.91. The Hall–Kier alpha value is -1.26. The van der Waals surface area contributed by atoms with Gasteiger partial charge in [-0.1, -0.05) is 6.42 Å². The summed E-state index contributed by atoms with van der Waals surface area (Å²) in [6.07, 6.45) is 7.99. The van der Waals surface area contributed by atoms with Crippen molar-refractivity contribution in [2.24, 2.45) is 4.99 Å². The van der Waals surface area contributed by atoms with Gasteiger partial charge in [0.25, 0.3) is 0 Å². The molecule has 0 rings (SSSR count). The molecule has 0 N–H and O–H groups in total. The minimum atomic E-state index is 0.283. The van der Waals surface area contributed by atoms with Crippen LogP contribution in [0.3, 0.4) is 0 Å². The molecule has 0 aliphatic heterocycles. The van der Waals surface area contributed by atoms with Crippen LogP contribution in [0.4, 0.5) is 0 Å². The molecule has 8 heavy (non-hydrogen) atoms. The lowest BCUT2D eigenvalue weighted by atomic mass is 10.7.